The first kappa shape index (κ1) is 12.1. The molecule has 1 unspecified atom stereocenters. The maximum absolute atomic E-state index is 11.5. The molecule has 0 amide bonds. The van der Waals surface area contributed by atoms with E-state index < -0.39 is 11.4 Å². The molecule has 3 heteroatoms. The van der Waals surface area contributed by atoms with E-state index in [4.69, 9.17) is 0 Å². The number of aliphatic carboxylic acids is 1. The van der Waals surface area contributed by atoms with Crippen molar-refractivity contribution in [3.63, 3.8) is 0 Å². The van der Waals surface area contributed by atoms with E-state index >= 15 is 0 Å². The van der Waals surface area contributed by atoms with Crippen LogP contribution in [0.5, 0.6) is 0 Å². The van der Waals surface area contributed by atoms with Gasteiger partial charge >= 0.3 is 5.97 Å². The lowest BCUT2D eigenvalue weighted by atomic mass is 9.80. The minimum Gasteiger partial charge on any atom is -0.481 e. The fourth-order valence-corrected chi connectivity index (χ4v) is 2.71. The third-order valence-electron chi connectivity index (χ3n) is 3.52. The summed E-state index contributed by atoms with van der Waals surface area (Å²) in [5, 5.41) is 12.6. The van der Waals surface area contributed by atoms with Crippen LogP contribution in [0.1, 0.15) is 23.1 Å². The van der Waals surface area contributed by atoms with E-state index in [2.05, 4.69) is 37.4 Å². The number of hydrogen-bond donors (Lipinski definition) is 2. The average Bonchev–Trinajstić information content (AvgIpc) is 2.65. The van der Waals surface area contributed by atoms with E-state index in [9.17, 15) is 9.90 Å². The minimum atomic E-state index is -0.679. The molecule has 2 rings (SSSR count). The van der Waals surface area contributed by atoms with Crippen molar-refractivity contribution in [2.24, 2.45) is 5.41 Å². The van der Waals surface area contributed by atoms with Crippen LogP contribution in [0.2, 0.25) is 0 Å². The lowest BCUT2D eigenvalue weighted by Gasteiger charge is -2.23. The molecule has 1 aliphatic heterocycles. The molecule has 92 valence electrons. The molecule has 0 aromatic heterocycles. The fourth-order valence-electron chi connectivity index (χ4n) is 2.71. The Morgan fingerprint density at radius 1 is 1.35 bits per heavy atom. The van der Waals surface area contributed by atoms with Gasteiger partial charge in [0.2, 0.25) is 0 Å². The highest BCUT2D eigenvalue weighted by Crippen LogP contribution is 2.31. The van der Waals surface area contributed by atoms with Crippen LogP contribution in [0.25, 0.3) is 0 Å². The SMILES string of the molecule is Cc1cc(C)cc(CC2(C(=O)O)CCNC2)c1. The number of nitrogens with one attached hydrogen (secondary N) is 1. The monoisotopic (exact) mass is 233 g/mol. The molecule has 0 aliphatic carbocycles. The molecule has 0 bridgehead atoms. The molecule has 0 radical (unpaired) electrons. The van der Waals surface area contributed by atoms with Crippen LogP contribution in [-0.2, 0) is 11.2 Å². The highest BCUT2D eigenvalue weighted by Gasteiger charge is 2.41. The molecule has 17 heavy (non-hydrogen) atoms. The lowest BCUT2D eigenvalue weighted by Crippen LogP contribution is -2.35. The van der Waals surface area contributed by atoms with Gasteiger partial charge in [0.25, 0.3) is 0 Å². The molecule has 1 aliphatic rings. The largest absolute Gasteiger partial charge is 0.481 e. The van der Waals surface area contributed by atoms with Crippen LogP contribution >= 0.6 is 0 Å². The normalized spacial score (nSPS) is 23.9. The van der Waals surface area contributed by atoms with Crippen molar-refractivity contribution in [3.05, 3.63) is 34.9 Å². The van der Waals surface area contributed by atoms with Gasteiger partial charge in [0.05, 0.1) is 5.41 Å². The summed E-state index contributed by atoms with van der Waals surface area (Å²) in [6.45, 7) is 5.49. The van der Waals surface area contributed by atoms with Gasteiger partial charge in [0, 0.05) is 6.54 Å². The second kappa shape index (κ2) is 4.49. The number of hydrogen-bond acceptors (Lipinski definition) is 2. The minimum absolute atomic E-state index is 0.579. The molecule has 0 saturated carbocycles. The van der Waals surface area contributed by atoms with Crippen LogP contribution in [0.15, 0.2) is 18.2 Å². The first-order valence-electron chi connectivity index (χ1n) is 6.03. The summed E-state index contributed by atoms with van der Waals surface area (Å²) in [7, 11) is 0. The van der Waals surface area contributed by atoms with Gasteiger partial charge in [-0.3, -0.25) is 4.79 Å². The molecular weight excluding hydrogens is 214 g/mol. The summed E-state index contributed by atoms with van der Waals surface area (Å²) in [4.78, 5) is 11.5. The standard InChI is InChI=1S/C14H19NO2/c1-10-5-11(2)7-12(6-10)8-14(13(16)17)3-4-15-9-14/h5-7,15H,3-4,8-9H2,1-2H3,(H,16,17). The van der Waals surface area contributed by atoms with E-state index in [1.807, 2.05) is 0 Å². The number of carboxylic acid groups (broad SMARTS) is 1. The van der Waals surface area contributed by atoms with E-state index in [-0.39, 0.29) is 0 Å². The molecule has 1 saturated heterocycles. The van der Waals surface area contributed by atoms with Crippen molar-refractivity contribution in [2.45, 2.75) is 26.7 Å². The van der Waals surface area contributed by atoms with Gasteiger partial charge in [-0.15, -0.1) is 0 Å². The summed E-state index contributed by atoms with van der Waals surface area (Å²) in [6.07, 6.45) is 1.34. The van der Waals surface area contributed by atoms with E-state index in [0.29, 0.717) is 13.0 Å². The Labute approximate surface area is 102 Å². The number of rotatable bonds is 3. The zero-order valence-corrected chi connectivity index (χ0v) is 10.4. The van der Waals surface area contributed by atoms with Crippen molar-refractivity contribution in [2.75, 3.05) is 13.1 Å². The first-order chi connectivity index (χ1) is 8.02. The molecule has 3 nitrogen and oxygen atoms in total. The van der Waals surface area contributed by atoms with Gasteiger partial charge in [-0.25, -0.2) is 0 Å². The first-order valence-corrected chi connectivity index (χ1v) is 6.03. The Hall–Kier alpha value is -1.35. The van der Waals surface area contributed by atoms with Gasteiger partial charge < -0.3 is 10.4 Å². The van der Waals surface area contributed by atoms with Crippen LogP contribution in [0, 0.1) is 19.3 Å². The second-order valence-electron chi connectivity index (χ2n) is 5.18. The van der Waals surface area contributed by atoms with Crippen molar-refractivity contribution in [3.8, 4) is 0 Å². The van der Waals surface area contributed by atoms with Gasteiger partial charge in [-0.2, -0.15) is 0 Å². The molecule has 2 N–H and O–H groups in total. The second-order valence-corrected chi connectivity index (χ2v) is 5.18. The quantitative estimate of drug-likeness (QED) is 0.838. The summed E-state index contributed by atoms with van der Waals surface area (Å²) in [5.41, 5.74) is 2.92. The zero-order chi connectivity index (χ0) is 12.5. The number of carboxylic acids is 1. The molecule has 1 aromatic carbocycles. The Morgan fingerprint density at radius 2 is 2.00 bits per heavy atom. The predicted octanol–water partition coefficient (Wildman–Crippen LogP) is 1.91. The highest BCUT2D eigenvalue weighted by atomic mass is 16.4. The van der Waals surface area contributed by atoms with Gasteiger partial charge in [0.15, 0.2) is 0 Å². The predicted molar refractivity (Wildman–Crippen MR) is 67.2 cm³/mol. The third kappa shape index (κ3) is 2.50. The molecular formula is C14H19NO2. The van der Waals surface area contributed by atoms with Crippen molar-refractivity contribution in [1.29, 1.82) is 0 Å². The summed E-state index contributed by atoms with van der Waals surface area (Å²) in [5.74, 6) is -0.679. The Bertz CT molecular complexity index is 414. The zero-order valence-electron chi connectivity index (χ0n) is 10.4. The van der Waals surface area contributed by atoms with E-state index in [1.165, 1.54) is 11.1 Å². The number of benzene rings is 1. The summed E-state index contributed by atoms with van der Waals surface area (Å²) < 4.78 is 0. The summed E-state index contributed by atoms with van der Waals surface area (Å²) >= 11 is 0. The van der Waals surface area contributed by atoms with Crippen LogP contribution in [0.4, 0.5) is 0 Å². The van der Waals surface area contributed by atoms with Gasteiger partial charge in [-0.05, 0) is 38.8 Å². The molecule has 0 spiro atoms. The van der Waals surface area contributed by atoms with Crippen molar-refractivity contribution in [1.82, 2.24) is 5.32 Å². The van der Waals surface area contributed by atoms with Gasteiger partial charge in [0.1, 0.15) is 0 Å². The third-order valence-corrected chi connectivity index (χ3v) is 3.52. The van der Waals surface area contributed by atoms with Gasteiger partial charge in [-0.1, -0.05) is 29.3 Å². The maximum atomic E-state index is 11.5. The molecule has 1 fully saturated rings. The van der Waals surface area contributed by atoms with Crippen LogP contribution in [-0.4, -0.2) is 24.2 Å². The molecule has 1 atom stereocenters. The maximum Gasteiger partial charge on any atom is 0.311 e. The van der Waals surface area contributed by atoms with Crippen LogP contribution in [0.3, 0.4) is 0 Å². The van der Waals surface area contributed by atoms with E-state index in [1.54, 1.807) is 0 Å². The number of aryl methyl sites for hydroxylation is 2. The Morgan fingerprint density at radius 3 is 2.47 bits per heavy atom. The molecule has 1 heterocycles. The Kier molecular flexibility index (Phi) is 3.20. The number of carbonyl (C=O) groups is 1. The Balaban J connectivity index is 2.26. The molecule has 1 aromatic rings. The fraction of sp³-hybridized carbons (Fsp3) is 0.500. The topological polar surface area (TPSA) is 49.3 Å². The lowest BCUT2D eigenvalue weighted by molar-refractivity contribution is -0.147. The van der Waals surface area contributed by atoms with Crippen molar-refractivity contribution >= 4 is 5.97 Å². The smallest absolute Gasteiger partial charge is 0.311 e. The van der Waals surface area contributed by atoms with Crippen molar-refractivity contribution < 1.29 is 9.90 Å². The summed E-state index contributed by atoms with van der Waals surface area (Å²) in [6, 6.07) is 6.30. The van der Waals surface area contributed by atoms with E-state index in [0.717, 1.165) is 18.5 Å². The van der Waals surface area contributed by atoms with Crippen LogP contribution < -0.4 is 5.32 Å². The average molecular weight is 233 g/mol. The highest BCUT2D eigenvalue weighted by molar-refractivity contribution is 5.76.